The Morgan fingerprint density at radius 2 is 2.00 bits per heavy atom. The van der Waals surface area contributed by atoms with Crippen molar-refractivity contribution < 1.29 is 29.6 Å². The first kappa shape index (κ1) is 13.1. The van der Waals surface area contributed by atoms with Crippen molar-refractivity contribution in [3.8, 4) is 0 Å². The van der Waals surface area contributed by atoms with Crippen LogP contribution in [-0.2, 0) is 12.6 Å². The van der Waals surface area contributed by atoms with Gasteiger partial charge in [-0.1, -0.05) is 11.2 Å². The Hall–Kier alpha value is 1.11. The predicted octanol–water partition coefficient (Wildman–Crippen LogP) is -1.06. The van der Waals surface area contributed by atoms with E-state index in [4.69, 9.17) is 24.8 Å². The largest absolute Gasteiger partial charge is 1.00 e. The maximum atomic E-state index is 4.99. The molecule has 2 atom stereocenters. The average molecular weight is 211 g/mol. The second-order valence-electron chi connectivity index (χ2n) is 3.45. The van der Waals surface area contributed by atoms with E-state index >= 15 is 0 Å². The van der Waals surface area contributed by atoms with E-state index in [1.165, 1.54) is 12.8 Å². The third-order valence-corrected chi connectivity index (χ3v) is 2.82. The standard InChI is InChI=1S/C8H15NS2.Na/c1-6-3-4-7(2)9(5-6)8(10)11;/h6-7H,3-5H2,1-2H3,(H,10,11);/q;+1/p-1. The third kappa shape index (κ3) is 3.46. The van der Waals surface area contributed by atoms with E-state index in [1.807, 2.05) is 0 Å². The Bertz CT molecular complexity index is 163. The number of piperidine rings is 1. The second-order valence-corrected chi connectivity index (χ2v) is 4.48. The Labute approximate surface area is 108 Å². The van der Waals surface area contributed by atoms with Crippen molar-refractivity contribution >= 4 is 29.2 Å². The van der Waals surface area contributed by atoms with Crippen LogP contribution >= 0.6 is 12.2 Å². The molecule has 0 saturated carbocycles. The molecule has 12 heavy (non-hydrogen) atoms. The first-order valence-electron chi connectivity index (χ1n) is 4.09. The first-order chi connectivity index (χ1) is 5.11. The Morgan fingerprint density at radius 1 is 1.42 bits per heavy atom. The molecule has 0 aliphatic carbocycles. The molecule has 0 radical (unpaired) electrons. The van der Waals surface area contributed by atoms with E-state index in [0.29, 0.717) is 10.4 Å². The number of likely N-dealkylation sites (tertiary alicyclic amines) is 1. The van der Waals surface area contributed by atoms with Crippen molar-refractivity contribution in [2.24, 2.45) is 5.92 Å². The molecule has 0 aromatic rings. The fraction of sp³-hybridized carbons (Fsp3) is 0.875. The molecule has 0 amide bonds. The summed E-state index contributed by atoms with van der Waals surface area (Å²) in [4.78, 5) is 2.17. The molecule has 0 bridgehead atoms. The van der Waals surface area contributed by atoms with Crippen molar-refractivity contribution in [3.63, 3.8) is 0 Å². The van der Waals surface area contributed by atoms with Crippen LogP contribution in [0.25, 0.3) is 0 Å². The van der Waals surface area contributed by atoms with Gasteiger partial charge in [-0.3, -0.25) is 0 Å². The van der Waals surface area contributed by atoms with E-state index in [2.05, 4.69) is 18.7 Å². The number of hydrogen-bond acceptors (Lipinski definition) is 2. The molecule has 1 saturated heterocycles. The summed E-state index contributed by atoms with van der Waals surface area (Å²) in [6.07, 6.45) is 2.55. The first-order valence-corrected chi connectivity index (χ1v) is 4.90. The molecule has 1 rings (SSSR count). The number of nitrogens with zero attached hydrogens (tertiary/aromatic N) is 1. The fourth-order valence-electron chi connectivity index (χ4n) is 1.54. The molecule has 2 unspecified atom stereocenters. The fourth-order valence-corrected chi connectivity index (χ4v) is 2.05. The van der Waals surface area contributed by atoms with Crippen molar-refractivity contribution in [2.75, 3.05) is 6.54 Å². The van der Waals surface area contributed by atoms with Crippen LogP contribution in [0, 0.1) is 5.92 Å². The van der Waals surface area contributed by atoms with Crippen LogP contribution in [0.4, 0.5) is 0 Å². The van der Waals surface area contributed by atoms with Crippen LogP contribution in [0.3, 0.4) is 0 Å². The average Bonchev–Trinajstić information content (AvgIpc) is 1.94. The summed E-state index contributed by atoms with van der Waals surface area (Å²) in [5.41, 5.74) is 0. The molecule has 0 N–H and O–H groups in total. The van der Waals surface area contributed by atoms with Gasteiger partial charge in [-0.25, -0.2) is 0 Å². The van der Waals surface area contributed by atoms with Gasteiger partial charge in [0.15, 0.2) is 0 Å². The molecule has 4 heteroatoms. The summed E-state index contributed by atoms with van der Waals surface area (Å²) in [5, 5.41) is 0. The van der Waals surface area contributed by atoms with E-state index in [0.717, 1.165) is 12.5 Å². The van der Waals surface area contributed by atoms with Crippen LogP contribution in [0.2, 0.25) is 0 Å². The van der Waals surface area contributed by atoms with Gasteiger partial charge in [0.2, 0.25) is 0 Å². The Morgan fingerprint density at radius 3 is 2.42 bits per heavy atom. The minimum atomic E-state index is 0. The molecule has 64 valence electrons. The van der Waals surface area contributed by atoms with Crippen molar-refractivity contribution in [1.29, 1.82) is 0 Å². The Balaban J connectivity index is 0.00000121. The summed E-state index contributed by atoms with van der Waals surface area (Å²) in [5.74, 6) is 0.757. The smallest absolute Gasteiger partial charge is 0.411 e. The monoisotopic (exact) mass is 211 g/mol. The van der Waals surface area contributed by atoms with Gasteiger partial charge in [-0.05, 0) is 25.7 Å². The van der Waals surface area contributed by atoms with Crippen LogP contribution in [0.15, 0.2) is 0 Å². The predicted molar refractivity (Wildman–Crippen MR) is 54.5 cm³/mol. The van der Waals surface area contributed by atoms with Gasteiger partial charge in [0.1, 0.15) is 0 Å². The maximum absolute atomic E-state index is 4.99. The number of thiocarbonyl (C=S) groups is 1. The summed E-state index contributed by atoms with van der Waals surface area (Å²) in [7, 11) is 0. The molecular formula is C8H14NNaS2. The topological polar surface area (TPSA) is 3.24 Å². The molecule has 1 fully saturated rings. The van der Waals surface area contributed by atoms with E-state index < -0.39 is 0 Å². The van der Waals surface area contributed by atoms with Crippen LogP contribution in [-0.4, -0.2) is 21.8 Å². The zero-order chi connectivity index (χ0) is 8.43. The summed E-state index contributed by atoms with van der Waals surface area (Å²) >= 11 is 9.97. The molecule has 1 nitrogen and oxygen atoms in total. The SMILES string of the molecule is CC1CCC(C)N(C(=S)[S-])C1.[Na+]. The second kappa shape index (κ2) is 5.76. The van der Waals surface area contributed by atoms with Crippen LogP contribution < -0.4 is 29.6 Å². The molecule has 1 heterocycles. The minimum Gasteiger partial charge on any atom is -0.411 e. The molecule has 0 aromatic heterocycles. The number of rotatable bonds is 0. The quantitative estimate of drug-likeness (QED) is 0.286. The Kier molecular flexibility index (Phi) is 6.29. The molecule has 1 aliphatic rings. The van der Waals surface area contributed by atoms with Gasteiger partial charge in [0.25, 0.3) is 0 Å². The van der Waals surface area contributed by atoms with Gasteiger partial charge in [-0.15, -0.1) is 0 Å². The van der Waals surface area contributed by atoms with Crippen molar-refractivity contribution in [3.05, 3.63) is 0 Å². The molecule has 0 aromatic carbocycles. The van der Waals surface area contributed by atoms with E-state index in [-0.39, 0.29) is 29.6 Å². The van der Waals surface area contributed by atoms with Gasteiger partial charge in [-0.2, -0.15) is 0 Å². The zero-order valence-corrected chi connectivity index (χ0v) is 11.7. The maximum Gasteiger partial charge on any atom is 1.00 e. The van der Waals surface area contributed by atoms with Crippen molar-refractivity contribution in [2.45, 2.75) is 32.7 Å². The van der Waals surface area contributed by atoms with Gasteiger partial charge < -0.3 is 29.7 Å². The van der Waals surface area contributed by atoms with Crippen molar-refractivity contribution in [1.82, 2.24) is 4.90 Å². The summed E-state index contributed by atoms with van der Waals surface area (Å²) in [6.45, 7) is 5.51. The minimum absolute atomic E-state index is 0. The molecule has 1 aliphatic heterocycles. The van der Waals surface area contributed by atoms with Gasteiger partial charge in [0.05, 0.1) is 0 Å². The van der Waals surface area contributed by atoms with Crippen LogP contribution in [0.5, 0.6) is 0 Å². The van der Waals surface area contributed by atoms with Gasteiger partial charge in [0, 0.05) is 12.6 Å². The molecule has 0 spiro atoms. The number of hydrogen-bond donors (Lipinski definition) is 0. The normalized spacial score (nSPS) is 29.3. The third-order valence-electron chi connectivity index (χ3n) is 2.35. The summed E-state index contributed by atoms with van der Waals surface area (Å²) in [6, 6.07) is 0.566. The molecular weight excluding hydrogens is 197 g/mol. The van der Waals surface area contributed by atoms with E-state index in [1.54, 1.807) is 0 Å². The van der Waals surface area contributed by atoms with Crippen LogP contribution in [0.1, 0.15) is 26.7 Å². The zero-order valence-electron chi connectivity index (χ0n) is 8.04. The van der Waals surface area contributed by atoms with E-state index in [9.17, 15) is 0 Å². The summed E-state index contributed by atoms with van der Waals surface area (Å²) < 4.78 is 0.643. The van der Waals surface area contributed by atoms with Gasteiger partial charge >= 0.3 is 29.6 Å².